The van der Waals surface area contributed by atoms with Gasteiger partial charge in [0, 0.05) is 17.5 Å². The summed E-state index contributed by atoms with van der Waals surface area (Å²) in [5, 5.41) is 6.19. The van der Waals surface area contributed by atoms with Crippen molar-refractivity contribution in [3.05, 3.63) is 34.1 Å². The number of nitrogens with zero attached hydrogens (tertiary/aromatic N) is 3. The van der Waals surface area contributed by atoms with E-state index in [1.165, 1.54) is 30.7 Å². The van der Waals surface area contributed by atoms with Crippen LogP contribution in [0.1, 0.15) is 42.0 Å². The van der Waals surface area contributed by atoms with Gasteiger partial charge in [0.1, 0.15) is 6.10 Å². The van der Waals surface area contributed by atoms with E-state index < -0.39 is 0 Å². The first kappa shape index (κ1) is 13.4. The number of aromatic nitrogens is 2. The maximum Gasteiger partial charge on any atom is 0.231 e. The molecular weight excluding hydrogens is 286 g/mol. The van der Waals surface area contributed by atoms with Crippen LogP contribution < -0.4 is 0 Å². The van der Waals surface area contributed by atoms with Crippen molar-refractivity contribution >= 4 is 11.3 Å². The van der Waals surface area contributed by atoms with Gasteiger partial charge in [0.25, 0.3) is 0 Å². The van der Waals surface area contributed by atoms with Gasteiger partial charge in [-0.1, -0.05) is 17.6 Å². The molecule has 2 fully saturated rings. The standard InChI is InChI=1S/C15H19N3O2S/c1-2-6-18-9-13(19-10-11(18)4-1)15-16-14(20-17-15)8-12-5-3-7-21-12/h3,5,7,11,13H,1-2,4,6,8-10H2. The number of fused-ring (bicyclic) bond motifs is 1. The van der Waals surface area contributed by atoms with E-state index in [2.05, 4.69) is 26.5 Å². The van der Waals surface area contributed by atoms with E-state index in [1.54, 1.807) is 11.3 Å². The van der Waals surface area contributed by atoms with Crippen LogP contribution in [-0.4, -0.2) is 40.8 Å². The average molecular weight is 305 g/mol. The van der Waals surface area contributed by atoms with Crippen LogP contribution >= 0.6 is 11.3 Å². The van der Waals surface area contributed by atoms with Gasteiger partial charge in [0.05, 0.1) is 13.0 Å². The predicted molar refractivity (Wildman–Crippen MR) is 79.3 cm³/mol. The Balaban J connectivity index is 1.43. The van der Waals surface area contributed by atoms with Crippen molar-refractivity contribution in [2.45, 2.75) is 37.8 Å². The molecule has 4 heterocycles. The molecule has 21 heavy (non-hydrogen) atoms. The van der Waals surface area contributed by atoms with Crippen LogP contribution in [0.25, 0.3) is 0 Å². The van der Waals surface area contributed by atoms with E-state index in [-0.39, 0.29) is 6.10 Å². The van der Waals surface area contributed by atoms with Crippen molar-refractivity contribution in [3.8, 4) is 0 Å². The maximum atomic E-state index is 5.96. The van der Waals surface area contributed by atoms with Crippen molar-refractivity contribution in [1.82, 2.24) is 15.0 Å². The average Bonchev–Trinajstić information content (AvgIpc) is 3.19. The second-order valence-electron chi connectivity index (χ2n) is 5.77. The monoisotopic (exact) mass is 305 g/mol. The van der Waals surface area contributed by atoms with Crippen molar-refractivity contribution in [1.29, 1.82) is 0 Å². The zero-order valence-corrected chi connectivity index (χ0v) is 12.7. The molecule has 0 amide bonds. The molecule has 0 aromatic carbocycles. The first-order valence-electron chi connectivity index (χ1n) is 7.59. The zero-order valence-electron chi connectivity index (χ0n) is 11.9. The molecule has 4 rings (SSSR count). The van der Waals surface area contributed by atoms with Crippen molar-refractivity contribution in [3.63, 3.8) is 0 Å². The number of morpholine rings is 1. The van der Waals surface area contributed by atoms with Crippen LogP contribution in [0, 0.1) is 0 Å². The Morgan fingerprint density at radius 1 is 1.38 bits per heavy atom. The van der Waals surface area contributed by atoms with E-state index in [9.17, 15) is 0 Å². The normalized spacial score (nSPS) is 26.7. The Morgan fingerprint density at radius 3 is 3.29 bits per heavy atom. The van der Waals surface area contributed by atoms with Gasteiger partial charge in [0.15, 0.2) is 0 Å². The second-order valence-corrected chi connectivity index (χ2v) is 6.80. The van der Waals surface area contributed by atoms with Crippen molar-refractivity contribution < 1.29 is 9.26 Å². The Bertz CT molecular complexity index is 584. The van der Waals surface area contributed by atoms with Crippen molar-refractivity contribution in [2.24, 2.45) is 0 Å². The molecule has 112 valence electrons. The number of hydrogen-bond donors (Lipinski definition) is 0. The van der Waals surface area contributed by atoms with Crippen LogP contribution in [0.3, 0.4) is 0 Å². The first-order valence-corrected chi connectivity index (χ1v) is 8.47. The third-order valence-corrected chi connectivity index (χ3v) is 5.19. The number of rotatable bonds is 3. The largest absolute Gasteiger partial charge is 0.367 e. The van der Waals surface area contributed by atoms with E-state index >= 15 is 0 Å². The lowest BCUT2D eigenvalue weighted by molar-refractivity contribution is -0.0805. The molecule has 2 aromatic heterocycles. The van der Waals surface area contributed by atoms with Crippen LogP contribution in [0.2, 0.25) is 0 Å². The molecule has 0 N–H and O–H groups in total. The molecule has 2 aliphatic rings. The Morgan fingerprint density at radius 2 is 2.38 bits per heavy atom. The van der Waals surface area contributed by atoms with Crippen LogP contribution in [-0.2, 0) is 11.2 Å². The summed E-state index contributed by atoms with van der Waals surface area (Å²) in [6.07, 6.45) is 4.54. The van der Waals surface area contributed by atoms with Gasteiger partial charge < -0.3 is 9.26 Å². The minimum absolute atomic E-state index is 0.0415. The van der Waals surface area contributed by atoms with Crippen LogP contribution in [0.4, 0.5) is 0 Å². The molecule has 2 aromatic rings. The molecule has 0 aliphatic carbocycles. The molecule has 0 spiro atoms. The third kappa shape index (κ3) is 2.88. The Labute approximate surface area is 127 Å². The highest BCUT2D eigenvalue weighted by atomic mass is 32.1. The molecule has 5 nitrogen and oxygen atoms in total. The number of piperidine rings is 1. The highest BCUT2D eigenvalue weighted by Crippen LogP contribution is 2.28. The van der Waals surface area contributed by atoms with Gasteiger partial charge >= 0.3 is 0 Å². The molecule has 0 radical (unpaired) electrons. The molecule has 0 bridgehead atoms. The van der Waals surface area contributed by atoms with Gasteiger partial charge in [-0.05, 0) is 30.8 Å². The quantitative estimate of drug-likeness (QED) is 0.872. The summed E-state index contributed by atoms with van der Waals surface area (Å²) in [5.74, 6) is 1.38. The molecular formula is C15H19N3O2S. The minimum atomic E-state index is -0.0415. The SMILES string of the molecule is c1csc(Cc2nc(C3CN4CCCCC4CO3)no2)c1. The summed E-state index contributed by atoms with van der Waals surface area (Å²) in [6.45, 7) is 2.85. The molecule has 6 heteroatoms. The highest BCUT2D eigenvalue weighted by Gasteiger charge is 2.33. The van der Waals surface area contributed by atoms with E-state index in [1.807, 2.05) is 6.07 Å². The predicted octanol–water partition coefficient (Wildman–Crippen LogP) is 2.65. The van der Waals surface area contributed by atoms with E-state index in [4.69, 9.17) is 9.26 Å². The lowest BCUT2D eigenvalue weighted by atomic mass is 10.0. The summed E-state index contributed by atoms with van der Waals surface area (Å²) >= 11 is 1.71. The molecule has 2 atom stereocenters. The zero-order chi connectivity index (χ0) is 14.1. The molecule has 2 unspecified atom stereocenters. The minimum Gasteiger partial charge on any atom is -0.367 e. The first-order chi connectivity index (χ1) is 10.4. The summed E-state index contributed by atoms with van der Waals surface area (Å²) in [4.78, 5) is 8.29. The fourth-order valence-corrected chi connectivity index (χ4v) is 3.87. The second kappa shape index (κ2) is 5.87. The van der Waals surface area contributed by atoms with Gasteiger partial charge in [-0.25, -0.2) is 0 Å². The van der Waals surface area contributed by atoms with Crippen molar-refractivity contribution in [2.75, 3.05) is 19.7 Å². The Kier molecular flexibility index (Phi) is 3.75. The fraction of sp³-hybridized carbons (Fsp3) is 0.600. The number of ether oxygens (including phenoxy) is 1. The van der Waals surface area contributed by atoms with E-state index in [0.717, 1.165) is 13.2 Å². The Hall–Kier alpha value is -1.24. The number of thiophene rings is 1. The number of hydrogen-bond acceptors (Lipinski definition) is 6. The van der Waals surface area contributed by atoms with Crippen LogP contribution in [0.5, 0.6) is 0 Å². The molecule has 2 aliphatic heterocycles. The van der Waals surface area contributed by atoms with Gasteiger partial charge in [-0.15, -0.1) is 11.3 Å². The van der Waals surface area contributed by atoms with Gasteiger partial charge in [-0.2, -0.15) is 4.98 Å². The van der Waals surface area contributed by atoms with Gasteiger partial charge in [0.2, 0.25) is 11.7 Å². The topological polar surface area (TPSA) is 51.4 Å². The fourth-order valence-electron chi connectivity index (χ4n) is 3.17. The third-order valence-electron chi connectivity index (χ3n) is 4.32. The van der Waals surface area contributed by atoms with Crippen LogP contribution in [0.15, 0.2) is 22.0 Å². The molecule has 0 saturated carbocycles. The lowest BCUT2D eigenvalue weighted by Crippen LogP contribution is -2.49. The maximum absolute atomic E-state index is 5.96. The highest BCUT2D eigenvalue weighted by molar-refractivity contribution is 7.09. The summed E-state index contributed by atoms with van der Waals surface area (Å²) in [6, 6.07) is 4.72. The summed E-state index contributed by atoms with van der Waals surface area (Å²) in [5.41, 5.74) is 0. The molecule has 2 saturated heterocycles. The van der Waals surface area contributed by atoms with Gasteiger partial charge in [-0.3, -0.25) is 4.90 Å². The smallest absolute Gasteiger partial charge is 0.231 e. The van der Waals surface area contributed by atoms with E-state index in [0.29, 0.717) is 24.2 Å². The summed E-state index contributed by atoms with van der Waals surface area (Å²) in [7, 11) is 0. The summed E-state index contributed by atoms with van der Waals surface area (Å²) < 4.78 is 11.3. The lowest BCUT2D eigenvalue weighted by Gasteiger charge is -2.41.